The van der Waals surface area contributed by atoms with Crippen LogP contribution in [0.3, 0.4) is 0 Å². The Morgan fingerprint density at radius 2 is 2.12 bits per heavy atom. The van der Waals surface area contributed by atoms with Crippen molar-refractivity contribution in [3.05, 3.63) is 37.5 Å². The highest BCUT2D eigenvalue weighted by molar-refractivity contribution is 14.0. The highest BCUT2D eigenvalue weighted by atomic mass is 127. The Hall–Kier alpha value is -0.670. The van der Waals surface area contributed by atoms with E-state index in [0.29, 0.717) is 0 Å². The summed E-state index contributed by atoms with van der Waals surface area (Å²) in [5, 5.41) is 10.2. The van der Waals surface area contributed by atoms with Crippen LogP contribution in [0.25, 0.3) is 0 Å². The molecule has 2 aromatic rings. The molecule has 0 bridgehead atoms. The number of aryl methyl sites for hydroxylation is 4. The zero-order chi connectivity index (χ0) is 16.8. The summed E-state index contributed by atoms with van der Waals surface area (Å²) >= 11 is 3.72. The number of nitrogens with zero attached hydrogens (tertiary/aromatic N) is 2. The van der Waals surface area contributed by atoms with E-state index in [-0.39, 0.29) is 24.0 Å². The van der Waals surface area contributed by atoms with Gasteiger partial charge in [0.15, 0.2) is 5.96 Å². The molecular formula is C18H27IN4S2. The van der Waals surface area contributed by atoms with Crippen molar-refractivity contribution < 1.29 is 0 Å². The van der Waals surface area contributed by atoms with Gasteiger partial charge in [-0.25, -0.2) is 4.98 Å². The van der Waals surface area contributed by atoms with Gasteiger partial charge >= 0.3 is 0 Å². The predicted octanol–water partition coefficient (Wildman–Crippen LogP) is 4.31. The van der Waals surface area contributed by atoms with Crippen molar-refractivity contribution in [1.82, 2.24) is 15.6 Å². The van der Waals surface area contributed by atoms with Gasteiger partial charge in [0, 0.05) is 29.8 Å². The molecule has 0 spiro atoms. The van der Waals surface area contributed by atoms with Gasteiger partial charge in [-0.15, -0.1) is 46.7 Å². The third-order valence-corrected chi connectivity index (χ3v) is 6.60. The smallest absolute Gasteiger partial charge is 0.191 e. The first-order valence-corrected chi connectivity index (χ1v) is 10.4. The fourth-order valence-electron chi connectivity index (χ4n) is 2.93. The number of hydrogen-bond donors (Lipinski definition) is 2. The topological polar surface area (TPSA) is 49.3 Å². The number of aliphatic imine (C=N–C) groups is 1. The van der Waals surface area contributed by atoms with Crippen molar-refractivity contribution in [2.45, 2.75) is 52.0 Å². The summed E-state index contributed by atoms with van der Waals surface area (Å²) in [4.78, 5) is 12.0. The number of rotatable bonds is 6. The number of aromatic nitrogens is 1. The largest absolute Gasteiger partial charge is 0.356 e. The first-order valence-electron chi connectivity index (χ1n) is 8.71. The van der Waals surface area contributed by atoms with Crippen molar-refractivity contribution >= 4 is 52.6 Å². The van der Waals surface area contributed by atoms with Gasteiger partial charge in [0.1, 0.15) is 0 Å². The van der Waals surface area contributed by atoms with E-state index in [4.69, 9.17) is 4.98 Å². The number of thiophene rings is 1. The van der Waals surface area contributed by atoms with E-state index >= 15 is 0 Å². The van der Waals surface area contributed by atoms with Gasteiger partial charge in [0.25, 0.3) is 0 Å². The lowest BCUT2D eigenvalue weighted by Crippen LogP contribution is -2.37. The van der Waals surface area contributed by atoms with Crippen LogP contribution in [0.1, 0.15) is 45.3 Å². The Labute approximate surface area is 175 Å². The highest BCUT2D eigenvalue weighted by Crippen LogP contribution is 2.27. The Kier molecular flexibility index (Phi) is 8.65. The maximum atomic E-state index is 4.81. The summed E-state index contributed by atoms with van der Waals surface area (Å²) in [5.41, 5.74) is 2.72. The van der Waals surface area contributed by atoms with Crippen molar-refractivity contribution in [1.29, 1.82) is 0 Å². The summed E-state index contributed by atoms with van der Waals surface area (Å²) in [6.07, 6.45) is 7.22. The number of guanidine groups is 1. The molecular weight excluding hydrogens is 463 g/mol. The molecule has 1 aliphatic carbocycles. The second kappa shape index (κ2) is 10.5. The van der Waals surface area contributed by atoms with E-state index < -0.39 is 0 Å². The van der Waals surface area contributed by atoms with Crippen LogP contribution in [-0.2, 0) is 25.8 Å². The average molecular weight is 490 g/mol. The minimum absolute atomic E-state index is 0. The van der Waals surface area contributed by atoms with Gasteiger partial charge in [-0.2, -0.15) is 0 Å². The average Bonchev–Trinajstić information content (AvgIpc) is 3.19. The molecule has 0 aromatic carbocycles. The molecule has 0 atom stereocenters. The van der Waals surface area contributed by atoms with Gasteiger partial charge in [-0.05, 0) is 56.0 Å². The summed E-state index contributed by atoms with van der Waals surface area (Å²) in [6.45, 7) is 3.91. The Balaban J connectivity index is 0.00000225. The monoisotopic (exact) mass is 490 g/mol. The summed E-state index contributed by atoms with van der Waals surface area (Å²) in [6, 6.07) is 2.16. The van der Waals surface area contributed by atoms with Crippen LogP contribution in [-0.4, -0.2) is 24.5 Å². The molecule has 0 saturated carbocycles. The summed E-state index contributed by atoms with van der Waals surface area (Å²) in [7, 11) is 1.82. The predicted molar refractivity (Wildman–Crippen MR) is 120 cm³/mol. The molecule has 0 unspecified atom stereocenters. The van der Waals surface area contributed by atoms with Crippen LogP contribution in [0.5, 0.6) is 0 Å². The van der Waals surface area contributed by atoms with E-state index in [2.05, 4.69) is 34.0 Å². The van der Waals surface area contributed by atoms with E-state index in [9.17, 15) is 0 Å². The third-order valence-electron chi connectivity index (χ3n) is 4.36. The number of hydrogen-bond acceptors (Lipinski definition) is 4. The zero-order valence-electron chi connectivity index (χ0n) is 14.9. The molecule has 0 amide bonds. The molecule has 2 heterocycles. The molecule has 7 heteroatoms. The van der Waals surface area contributed by atoms with Crippen molar-refractivity contribution in [2.75, 3.05) is 13.6 Å². The third kappa shape index (κ3) is 5.92. The van der Waals surface area contributed by atoms with Crippen molar-refractivity contribution in [2.24, 2.45) is 4.99 Å². The standard InChI is InChI=1S/C18H26N4S2.HI/c1-13-9-11-23-16(13)12-21-18(19-2)20-10-5-8-17-22-14-6-3-4-7-15(14)24-17;/h9,11H,3-8,10,12H2,1-2H3,(H2,19,20,21);1H. The quantitative estimate of drug-likeness (QED) is 0.275. The number of thiazole rings is 1. The van der Waals surface area contributed by atoms with Crippen molar-refractivity contribution in [3.63, 3.8) is 0 Å². The van der Waals surface area contributed by atoms with Gasteiger partial charge in [-0.1, -0.05) is 0 Å². The summed E-state index contributed by atoms with van der Waals surface area (Å²) in [5.74, 6) is 0.876. The highest BCUT2D eigenvalue weighted by Gasteiger charge is 2.14. The first kappa shape index (κ1) is 20.6. The molecule has 0 saturated heterocycles. The molecule has 0 fully saturated rings. The molecule has 138 valence electrons. The Morgan fingerprint density at radius 1 is 1.28 bits per heavy atom. The fraction of sp³-hybridized carbons (Fsp3) is 0.556. The minimum atomic E-state index is 0. The molecule has 2 aromatic heterocycles. The second-order valence-corrected chi connectivity index (χ2v) is 8.34. The van der Waals surface area contributed by atoms with Crippen LogP contribution in [0.2, 0.25) is 0 Å². The lowest BCUT2D eigenvalue weighted by atomic mass is 10.0. The van der Waals surface area contributed by atoms with Crippen molar-refractivity contribution in [3.8, 4) is 0 Å². The molecule has 4 nitrogen and oxygen atoms in total. The van der Waals surface area contributed by atoms with Gasteiger partial charge in [-0.3, -0.25) is 4.99 Å². The van der Waals surface area contributed by atoms with E-state index in [1.165, 1.54) is 51.7 Å². The van der Waals surface area contributed by atoms with Gasteiger partial charge in [0.2, 0.25) is 0 Å². The number of fused-ring (bicyclic) bond motifs is 1. The minimum Gasteiger partial charge on any atom is -0.356 e. The zero-order valence-corrected chi connectivity index (χ0v) is 18.9. The van der Waals surface area contributed by atoms with Crippen LogP contribution in [0.4, 0.5) is 0 Å². The molecule has 25 heavy (non-hydrogen) atoms. The lowest BCUT2D eigenvalue weighted by molar-refractivity contribution is 0.678. The summed E-state index contributed by atoms with van der Waals surface area (Å²) < 4.78 is 0. The molecule has 0 aliphatic heterocycles. The normalized spacial score (nSPS) is 13.9. The van der Waals surface area contributed by atoms with E-state index in [1.807, 2.05) is 18.4 Å². The maximum Gasteiger partial charge on any atom is 0.191 e. The SMILES string of the molecule is CN=C(NCCCc1nc2c(s1)CCCC2)NCc1sccc1C.I. The molecule has 3 rings (SSSR count). The second-order valence-electron chi connectivity index (χ2n) is 6.17. The first-order chi connectivity index (χ1) is 11.8. The molecule has 1 aliphatic rings. The van der Waals surface area contributed by atoms with E-state index in [1.54, 1.807) is 11.3 Å². The molecule has 0 radical (unpaired) electrons. The fourth-order valence-corrected chi connectivity index (χ4v) is 4.97. The number of nitrogens with one attached hydrogen (secondary N) is 2. The van der Waals surface area contributed by atoms with Crippen LogP contribution in [0.15, 0.2) is 16.4 Å². The Morgan fingerprint density at radius 3 is 2.84 bits per heavy atom. The van der Waals surface area contributed by atoms with Gasteiger partial charge < -0.3 is 10.6 Å². The Bertz CT molecular complexity index is 670. The number of halogens is 1. The lowest BCUT2D eigenvalue weighted by Gasteiger charge is -2.11. The van der Waals surface area contributed by atoms with Crippen LogP contribution < -0.4 is 10.6 Å². The van der Waals surface area contributed by atoms with Crippen LogP contribution in [0, 0.1) is 6.92 Å². The van der Waals surface area contributed by atoms with Gasteiger partial charge in [0.05, 0.1) is 17.2 Å². The van der Waals surface area contributed by atoms with E-state index in [0.717, 1.165) is 31.9 Å². The van der Waals surface area contributed by atoms with Crippen LogP contribution >= 0.6 is 46.7 Å². The maximum absolute atomic E-state index is 4.81. The molecule has 2 N–H and O–H groups in total.